The molecule has 0 saturated carbocycles. The quantitative estimate of drug-likeness (QED) is 0.932. The molecule has 1 atom stereocenters. The maximum Gasteiger partial charge on any atom is 0.393 e. The molecular formula is C13H14F3N3OS. The molecule has 0 bridgehead atoms. The summed E-state index contributed by atoms with van der Waals surface area (Å²) in [5.74, 6) is -1.76. The van der Waals surface area contributed by atoms with Gasteiger partial charge in [-0.15, -0.1) is 11.3 Å². The summed E-state index contributed by atoms with van der Waals surface area (Å²) in [6.07, 6.45) is -3.66. The summed E-state index contributed by atoms with van der Waals surface area (Å²) >= 11 is 1.22. The molecule has 1 amide bonds. The molecule has 0 unspecified atom stereocenters. The molecule has 1 aliphatic heterocycles. The summed E-state index contributed by atoms with van der Waals surface area (Å²) in [6, 6.07) is 3.53. The van der Waals surface area contributed by atoms with Crippen LogP contribution in [0.1, 0.15) is 18.4 Å². The maximum atomic E-state index is 12.7. The second kappa shape index (κ2) is 6.45. The molecule has 1 aromatic rings. The Balaban J connectivity index is 1.90. The van der Waals surface area contributed by atoms with Crippen LogP contribution in [0.5, 0.6) is 0 Å². The average molecular weight is 317 g/mol. The molecule has 21 heavy (non-hydrogen) atoms. The van der Waals surface area contributed by atoms with Crippen LogP contribution in [0.15, 0.2) is 11.4 Å². The zero-order valence-electron chi connectivity index (χ0n) is 11.1. The van der Waals surface area contributed by atoms with Crippen LogP contribution in [0.3, 0.4) is 0 Å². The van der Waals surface area contributed by atoms with Gasteiger partial charge >= 0.3 is 6.18 Å². The second-order valence-electron chi connectivity index (χ2n) is 4.94. The standard InChI is InChI=1S/C13H14F3N3OS/c14-13(15,16)10-2-1-4-19(7-10)8-11(20)18-12-9(6-17)3-5-21-12/h3,5,10H,1-2,4,7-8H2,(H,18,20)/t10-/m0/s1. The average Bonchev–Trinajstić information content (AvgIpc) is 2.85. The molecule has 0 aromatic carbocycles. The van der Waals surface area contributed by atoms with Gasteiger partial charge in [0.1, 0.15) is 11.1 Å². The van der Waals surface area contributed by atoms with Crippen molar-refractivity contribution < 1.29 is 18.0 Å². The fourth-order valence-corrected chi connectivity index (χ4v) is 3.08. The monoisotopic (exact) mass is 317 g/mol. The number of nitrogens with zero attached hydrogens (tertiary/aromatic N) is 2. The summed E-state index contributed by atoms with van der Waals surface area (Å²) in [6.45, 7) is 0.247. The summed E-state index contributed by atoms with van der Waals surface area (Å²) in [5.41, 5.74) is 0.361. The fraction of sp³-hybridized carbons (Fsp3) is 0.538. The summed E-state index contributed by atoms with van der Waals surface area (Å²) in [7, 11) is 0. The minimum Gasteiger partial charge on any atom is -0.315 e. The third-order valence-electron chi connectivity index (χ3n) is 3.37. The van der Waals surface area contributed by atoms with E-state index in [1.807, 2.05) is 6.07 Å². The van der Waals surface area contributed by atoms with Crippen LogP contribution in [-0.4, -0.2) is 36.6 Å². The van der Waals surface area contributed by atoms with Crippen LogP contribution in [0.25, 0.3) is 0 Å². The molecule has 1 fully saturated rings. The minimum absolute atomic E-state index is 0.0879. The Morgan fingerprint density at radius 3 is 3.00 bits per heavy atom. The van der Waals surface area contributed by atoms with E-state index >= 15 is 0 Å². The van der Waals surface area contributed by atoms with E-state index < -0.39 is 18.0 Å². The Hall–Kier alpha value is -1.59. The number of rotatable bonds is 3. The fourth-order valence-electron chi connectivity index (χ4n) is 2.33. The van der Waals surface area contributed by atoms with Crippen LogP contribution in [0.4, 0.5) is 18.2 Å². The van der Waals surface area contributed by atoms with Gasteiger partial charge in [-0.25, -0.2) is 0 Å². The van der Waals surface area contributed by atoms with Crippen LogP contribution in [0.2, 0.25) is 0 Å². The lowest BCUT2D eigenvalue weighted by Crippen LogP contribution is -2.44. The first-order chi connectivity index (χ1) is 9.90. The van der Waals surface area contributed by atoms with Gasteiger partial charge in [0.15, 0.2) is 0 Å². The highest BCUT2D eigenvalue weighted by atomic mass is 32.1. The van der Waals surface area contributed by atoms with E-state index in [1.165, 1.54) is 16.2 Å². The number of amides is 1. The predicted octanol–water partition coefficient (Wildman–Crippen LogP) is 2.83. The van der Waals surface area contributed by atoms with Crippen LogP contribution < -0.4 is 5.32 Å². The molecule has 0 spiro atoms. The van der Waals surface area contributed by atoms with E-state index in [0.29, 0.717) is 23.5 Å². The van der Waals surface area contributed by atoms with Gasteiger partial charge in [0.2, 0.25) is 5.91 Å². The van der Waals surface area contributed by atoms with E-state index in [9.17, 15) is 18.0 Å². The number of likely N-dealkylation sites (tertiary alicyclic amines) is 1. The number of halogens is 3. The van der Waals surface area contributed by atoms with Gasteiger partial charge in [-0.3, -0.25) is 9.69 Å². The second-order valence-corrected chi connectivity index (χ2v) is 5.86. The smallest absolute Gasteiger partial charge is 0.315 e. The zero-order valence-corrected chi connectivity index (χ0v) is 11.9. The van der Waals surface area contributed by atoms with Crippen molar-refractivity contribution in [1.82, 2.24) is 4.90 Å². The number of hydrogen-bond acceptors (Lipinski definition) is 4. The first-order valence-electron chi connectivity index (χ1n) is 6.46. The highest BCUT2D eigenvalue weighted by Crippen LogP contribution is 2.33. The molecule has 2 rings (SSSR count). The SMILES string of the molecule is N#Cc1ccsc1NC(=O)CN1CCC[C@H](C(F)(F)F)C1. The highest BCUT2D eigenvalue weighted by Gasteiger charge is 2.41. The lowest BCUT2D eigenvalue weighted by Gasteiger charge is -2.33. The third kappa shape index (κ3) is 4.19. The molecule has 114 valence electrons. The van der Waals surface area contributed by atoms with Crippen molar-refractivity contribution in [3.05, 3.63) is 17.0 Å². The normalized spacial score (nSPS) is 20.0. The number of nitrogens with one attached hydrogen (secondary N) is 1. The van der Waals surface area contributed by atoms with Gasteiger partial charge in [-0.1, -0.05) is 0 Å². The zero-order chi connectivity index (χ0) is 15.5. The van der Waals surface area contributed by atoms with Crippen molar-refractivity contribution in [3.63, 3.8) is 0 Å². The first kappa shape index (κ1) is 15.8. The molecule has 1 aliphatic rings. The molecule has 0 aliphatic carbocycles. The molecule has 4 nitrogen and oxygen atoms in total. The molecular weight excluding hydrogens is 303 g/mol. The van der Waals surface area contributed by atoms with Gasteiger partial charge in [0, 0.05) is 6.54 Å². The number of piperidine rings is 1. The molecule has 1 saturated heterocycles. The van der Waals surface area contributed by atoms with Crippen molar-refractivity contribution in [2.24, 2.45) is 5.92 Å². The number of hydrogen-bond donors (Lipinski definition) is 1. The van der Waals surface area contributed by atoms with E-state index in [1.54, 1.807) is 11.4 Å². The molecule has 1 aromatic heterocycles. The number of alkyl halides is 3. The van der Waals surface area contributed by atoms with E-state index in [4.69, 9.17) is 5.26 Å². The molecule has 2 heterocycles. The minimum atomic E-state index is -4.21. The summed E-state index contributed by atoms with van der Waals surface area (Å²) < 4.78 is 38.1. The van der Waals surface area contributed by atoms with Crippen molar-refractivity contribution in [2.45, 2.75) is 19.0 Å². The van der Waals surface area contributed by atoms with Crippen LogP contribution in [-0.2, 0) is 4.79 Å². The molecule has 1 N–H and O–H groups in total. The Labute approximate surface area is 124 Å². The van der Waals surface area contributed by atoms with Crippen LogP contribution in [0, 0.1) is 17.2 Å². The van der Waals surface area contributed by atoms with E-state index in [2.05, 4.69) is 5.32 Å². The Morgan fingerprint density at radius 2 is 2.33 bits per heavy atom. The largest absolute Gasteiger partial charge is 0.393 e. The Morgan fingerprint density at radius 1 is 1.57 bits per heavy atom. The molecule has 0 radical (unpaired) electrons. The van der Waals surface area contributed by atoms with E-state index in [-0.39, 0.29) is 19.5 Å². The third-order valence-corrected chi connectivity index (χ3v) is 4.20. The summed E-state index contributed by atoms with van der Waals surface area (Å²) in [5, 5.41) is 13.5. The van der Waals surface area contributed by atoms with Gasteiger partial charge in [0.25, 0.3) is 0 Å². The number of nitriles is 1. The summed E-state index contributed by atoms with van der Waals surface area (Å²) in [4.78, 5) is 13.4. The number of anilines is 1. The van der Waals surface area contributed by atoms with Gasteiger partial charge in [-0.2, -0.15) is 18.4 Å². The van der Waals surface area contributed by atoms with Gasteiger partial charge < -0.3 is 5.32 Å². The first-order valence-corrected chi connectivity index (χ1v) is 7.34. The Kier molecular flexibility index (Phi) is 4.85. The van der Waals surface area contributed by atoms with Gasteiger partial charge in [0.05, 0.1) is 18.0 Å². The van der Waals surface area contributed by atoms with Gasteiger partial charge in [-0.05, 0) is 30.8 Å². The van der Waals surface area contributed by atoms with E-state index in [0.717, 1.165) is 0 Å². The number of carbonyl (C=O) groups excluding carboxylic acids is 1. The van der Waals surface area contributed by atoms with Crippen molar-refractivity contribution in [1.29, 1.82) is 5.26 Å². The van der Waals surface area contributed by atoms with Crippen LogP contribution >= 0.6 is 11.3 Å². The highest BCUT2D eigenvalue weighted by molar-refractivity contribution is 7.14. The Bertz CT molecular complexity index is 550. The van der Waals surface area contributed by atoms with Crippen molar-refractivity contribution in [3.8, 4) is 6.07 Å². The lowest BCUT2D eigenvalue weighted by molar-refractivity contribution is -0.186. The lowest BCUT2D eigenvalue weighted by atomic mass is 9.97. The number of thiophene rings is 1. The predicted molar refractivity (Wildman–Crippen MR) is 72.9 cm³/mol. The topological polar surface area (TPSA) is 56.1 Å². The molecule has 8 heteroatoms. The number of carbonyl (C=O) groups is 1. The van der Waals surface area contributed by atoms with Crippen molar-refractivity contribution >= 4 is 22.2 Å². The maximum absolute atomic E-state index is 12.7. The van der Waals surface area contributed by atoms with Crippen molar-refractivity contribution in [2.75, 3.05) is 25.0 Å².